The fourth-order valence-corrected chi connectivity index (χ4v) is 4.14. The van der Waals surface area contributed by atoms with E-state index in [4.69, 9.17) is 5.73 Å². The minimum Gasteiger partial charge on any atom is -0.383 e. The van der Waals surface area contributed by atoms with Crippen LogP contribution in [-0.4, -0.2) is 71.0 Å². The van der Waals surface area contributed by atoms with E-state index in [1.807, 2.05) is 15.5 Å². The Morgan fingerprint density at radius 2 is 2.00 bits per heavy atom. The number of hydrogen-bond acceptors (Lipinski definition) is 6. The number of pyridine rings is 1. The summed E-state index contributed by atoms with van der Waals surface area (Å²) in [6.07, 6.45) is 6.17. The molecule has 2 fully saturated rings. The average molecular weight is 390 g/mol. The summed E-state index contributed by atoms with van der Waals surface area (Å²) < 4.78 is 5.51. The van der Waals surface area contributed by atoms with Crippen LogP contribution < -0.4 is 15.4 Å². The van der Waals surface area contributed by atoms with Crippen LogP contribution in [0.1, 0.15) is 19.8 Å². The Labute approximate surface area is 163 Å². The van der Waals surface area contributed by atoms with Gasteiger partial charge in [0.1, 0.15) is 5.82 Å². The minimum absolute atomic E-state index is 0.0658. The number of nitrogens with one attached hydrogen (secondary N) is 1. The summed E-state index contributed by atoms with van der Waals surface area (Å²) in [4.78, 5) is 23.6. The summed E-state index contributed by atoms with van der Waals surface area (Å²) in [5.41, 5.74) is 8.30. The second kappa shape index (κ2) is 6.79. The Morgan fingerprint density at radius 1 is 1.30 bits per heavy atom. The largest absolute Gasteiger partial charge is 0.383 e. The molecule has 2 aliphatic rings. The van der Waals surface area contributed by atoms with Crippen molar-refractivity contribution < 1.29 is 4.79 Å². The van der Waals surface area contributed by atoms with Gasteiger partial charge >= 0.3 is 6.03 Å². The number of amides is 2. The Kier molecular flexibility index (Phi) is 4.59. The maximum Gasteiger partial charge on any atom is 0.319 e. The lowest BCUT2D eigenvalue weighted by atomic mass is 10.2. The van der Waals surface area contributed by atoms with Crippen molar-refractivity contribution in [2.45, 2.75) is 30.2 Å². The highest BCUT2D eigenvalue weighted by molar-refractivity contribution is 7.97. The van der Waals surface area contributed by atoms with Crippen molar-refractivity contribution in [1.82, 2.24) is 23.9 Å². The number of carbonyl (C=O) groups excluding carboxylic acids is 1. The van der Waals surface area contributed by atoms with E-state index < -0.39 is 0 Å². The van der Waals surface area contributed by atoms with Gasteiger partial charge in [-0.25, -0.2) is 9.78 Å². The molecular formula is C18H27N7OS. The number of hydrogen-bond donors (Lipinski definition) is 2. The molecule has 4 rings (SSSR count). The normalized spacial score (nSPS) is 18.8. The molecule has 1 saturated heterocycles. The zero-order chi connectivity index (χ0) is 19.2. The van der Waals surface area contributed by atoms with E-state index in [1.165, 1.54) is 12.8 Å². The highest BCUT2D eigenvalue weighted by Crippen LogP contribution is 2.38. The summed E-state index contributed by atoms with van der Waals surface area (Å²) >= 11 is 1.65. The van der Waals surface area contributed by atoms with Crippen LogP contribution in [0.4, 0.5) is 16.3 Å². The average Bonchev–Trinajstić information content (AvgIpc) is 3.30. The number of nitrogen functional groups attached to an aromatic ring is 1. The number of carbonyl (C=O) groups is 1. The molecule has 1 aliphatic carbocycles. The molecule has 0 unspecified atom stereocenters. The number of rotatable bonds is 4. The van der Waals surface area contributed by atoms with E-state index in [0.29, 0.717) is 18.9 Å². The van der Waals surface area contributed by atoms with Crippen molar-refractivity contribution >= 4 is 35.1 Å². The van der Waals surface area contributed by atoms with Gasteiger partial charge in [0.15, 0.2) is 5.65 Å². The Hall–Kier alpha value is -2.13. The van der Waals surface area contributed by atoms with Crippen molar-refractivity contribution in [2.75, 3.05) is 50.9 Å². The van der Waals surface area contributed by atoms with Gasteiger partial charge in [0.05, 0.1) is 11.9 Å². The lowest BCUT2D eigenvalue weighted by Crippen LogP contribution is -2.51. The predicted octanol–water partition coefficient (Wildman–Crippen LogP) is 1.87. The van der Waals surface area contributed by atoms with Crippen molar-refractivity contribution in [3.8, 4) is 0 Å². The van der Waals surface area contributed by atoms with Crippen molar-refractivity contribution in [2.24, 2.45) is 0 Å². The maximum atomic E-state index is 12.2. The number of urea groups is 1. The minimum atomic E-state index is 0.0658. The molecule has 146 valence electrons. The number of aromatic nitrogens is 2. The maximum absolute atomic E-state index is 12.2. The van der Waals surface area contributed by atoms with Crippen LogP contribution in [0.3, 0.4) is 0 Å². The van der Waals surface area contributed by atoms with Crippen molar-refractivity contribution in [1.29, 1.82) is 0 Å². The van der Waals surface area contributed by atoms with Crippen LogP contribution in [0.15, 0.2) is 23.4 Å². The van der Waals surface area contributed by atoms with E-state index in [9.17, 15) is 4.79 Å². The molecule has 0 spiro atoms. The molecule has 0 radical (unpaired) electrons. The second-order valence-corrected chi connectivity index (χ2v) is 8.73. The molecule has 0 bridgehead atoms. The third kappa shape index (κ3) is 3.66. The van der Waals surface area contributed by atoms with Crippen molar-refractivity contribution in [3.05, 3.63) is 18.5 Å². The van der Waals surface area contributed by atoms with E-state index in [-0.39, 0.29) is 11.6 Å². The smallest absolute Gasteiger partial charge is 0.319 e. The summed E-state index contributed by atoms with van der Waals surface area (Å²) in [5, 5.41) is 0. The molecule has 27 heavy (non-hydrogen) atoms. The van der Waals surface area contributed by atoms with Gasteiger partial charge in [-0.3, -0.25) is 9.12 Å². The van der Waals surface area contributed by atoms with E-state index in [0.717, 1.165) is 29.3 Å². The zero-order valence-electron chi connectivity index (χ0n) is 16.1. The molecule has 1 aliphatic heterocycles. The fraction of sp³-hybridized carbons (Fsp3) is 0.556. The molecule has 9 heteroatoms. The Bertz CT molecular complexity index is 853. The molecule has 1 saturated carbocycles. The highest BCUT2D eigenvalue weighted by Gasteiger charge is 2.37. The second-order valence-electron chi connectivity index (χ2n) is 7.85. The third-order valence-electron chi connectivity index (χ3n) is 5.28. The van der Waals surface area contributed by atoms with Gasteiger partial charge < -0.3 is 20.4 Å². The van der Waals surface area contributed by atoms with E-state index in [1.54, 1.807) is 37.1 Å². The van der Waals surface area contributed by atoms with Crippen LogP contribution in [-0.2, 0) is 0 Å². The quantitative estimate of drug-likeness (QED) is 0.777. The predicted molar refractivity (Wildman–Crippen MR) is 109 cm³/mol. The monoisotopic (exact) mass is 389 g/mol. The van der Waals surface area contributed by atoms with Crippen molar-refractivity contribution in [3.63, 3.8) is 0 Å². The summed E-state index contributed by atoms with van der Waals surface area (Å²) in [7, 11) is 3.58. The Balaban J connectivity index is 1.56. The summed E-state index contributed by atoms with van der Waals surface area (Å²) in [6, 6.07) is 2.24. The van der Waals surface area contributed by atoms with E-state index >= 15 is 0 Å². The highest BCUT2D eigenvalue weighted by atomic mass is 32.2. The fourth-order valence-electron chi connectivity index (χ4n) is 3.24. The van der Waals surface area contributed by atoms with Crippen LogP contribution in [0.5, 0.6) is 0 Å². The lowest BCUT2D eigenvalue weighted by molar-refractivity contribution is 0.168. The lowest BCUT2D eigenvalue weighted by Gasteiger charge is -2.37. The number of anilines is 2. The molecule has 3 heterocycles. The molecule has 0 atom stereocenters. The number of fused-ring (bicyclic) bond motifs is 1. The standard InChI is InChI=1S/C18H27N7OS/c1-18(4-5-18)21-27-13-10-14(16-20-11-15(19)25(16)12-13)23-6-8-24(9-7-23)17(26)22(2)3/h10-12,21H,4-9,19H2,1-3H3. The van der Waals surface area contributed by atoms with Gasteiger partial charge in [0.2, 0.25) is 0 Å². The first kappa shape index (κ1) is 18.2. The molecule has 2 aromatic rings. The molecule has 2 amide bonds. The van der Waals surface area contributed by atoms with Gasteiger partial charge in [-0.1, -0.05) is 0 Å². The number of imidazole rings is 1. The number of nitrogens with two attached hydrogens (primary N) is 1. The first-order chi connectivity index (χ1) is 12.9. The van der Waals surface area contributed by atoms with Crippen LogP contribution >= 0.6 is 11.9 Å². The van der Waals surface area contributed by atoms with Crippen LogP contribution in [0.2, 0.25) is 0 Å². The number of nitrogens with zero attached hydrogens (tertiary/aromatic N) is 5. The van der Waals surface area contributed by atoms with Crippen LogP contribution in [0, 0.1) is 0 Å². The van der Waals surface area contributed by atoms with Gasteiger partial charge in [-0.15, -0.1) is 0 Å². The summed E-state index contributed by atoms with van der Waals surface area (Å²) in [5.74, 6) is 0.632. The topological polar surface area (TPSA) is 82.1 Å². The SMILES string of the molecule is CN(C)C(=O)N1CCN(c2cc(SNC3(C)CC3)cn3c(N)cnc23)CC1. The molecule has 0 aromatic carbocycles. The molecule has 3 N–H and O–H groups in total. The molecule has 8 nitrogen and oxygen atoms in total. The summed E-state index contributed by atoms with van der Waals surface area (Å²) in [6.45, 7) is 5.20. The van der Waals surface area contributed by atoms with Gasteiger partial charge in [0, 0.05) is 56.9 Å². The third-order valence-corrected chi connectivity index (χ3v) is 6.33. The number of piperazine rings is 1. The first-order valence-electron chi connectivity index (χ1n) is 9.28. The van der Waals surface area contributed by atoms with Crippen LogP contribution in [0.25, 0.3) is 5.65 Å². The van der Waals surface area contributed by atoms with E-state index in [2.05, 4.69) is 27.6 Å². The van der Waals surface area contributed by atoms with Gasteiger partial charge in [-0.05, 0) is 37.8 Å². The zero-order valence-corrected chi connectivity index (χ0v) is 16.9. The Morgan fingerprint density at radius 3 is 2.63 bits per heavy atom. The van der Waals surface area contributed by atoms with Gasteiger partial charge in [-0.2, -0.15) is 0 Å². The first-order valence-corrected chi connectivity index (χ1v) is 10.1. The molecule has 2 aromatic heterocycles. The van der Waals surface area contributed by atoms with Gasteiger partial charge in [0.25, 0.3) is 0 Å². The molecular weight excluding hydrogens is 362 g/mol.